The van der Waals surface area contributed by atoms with Crippen LogP contribution >= 0.6 is 11.6 Å². The second-order valence-electron chi connectivity index (χ2n) is 5.42. The first-order valence-electron chi connectivity index (χ1n) is 7.24. The van der Waals surface area contributed by atoms with Crippen LogP contribution in [0.5, 0.6) is 0 Å². The summed E-state index contributed by atoms with van der Waals surface area (Å²) >= 11 is 6.10. The molecule has 1 aliphatic carbocycles. The van der Waals surface area contributed by atoms with Gasteiger partial charge in [-0.25, -0.2) is 9.97 Å². The van der Waals surface area contributed by atoms with Gasteiger partial charge in [0.15, 0.2) is 5.82 Å². The molecule has 1 saturated heterocycles. The molecule has 2 aliphatic rings. The standard InChI is InChI=1S/C14H20ClN3O/c15-12-9-13(16-10-5-2-1-3-6-10)18-14(17-12)11-7-4-8-19-11/h9-11H,1-8H2,(H,16,17,18). The minimum absolute atomic E-state index is 0.0191. The van der Waals surface area contributed by atoms with E-state index in [0.717, 1.165) is 31.1 Å². The molecular formula is C14H20ClN3O. The van der Waals surface area contributed by atoms with E-state index >= 15 is 0 Å². The van der Waals surface area contributed by atoms with E-state index in [1.165, 1.54) is 32.1 Å². The van der Waals surface area contributed by atoms with Crippen LogP contribution in [-0.2, 0) is 4.74 Å². The van der Waals surface area contributed by atoms with Crippen molar-refractivity contribution in [2.24, 2.45) is 0 Å². The lowest BCUT2D eigenvalue weighted by molar-refractivity contribution is 0.105. The largest absolute Gasteiger partial charge is 0.370 e. The van der Waals surface area contributed by atoms with Crippen LogP contribution in [-0.4, -0.2) is 22.6 Å². The fourth-order valence-electron chi connectivity index (χ4n) is 2.89. The zero-order valence-electron chi connectivity index (χ0n) is 11.1. The Morgan fingerprint density at radius 1 is 1.11 bits per heavy atom. The fraction of sp³-hybridized carbons (Fsp3) is 0.714. The molecule has 5 heteroatoms. The molecule has 2 fully saturated rings. The summed E-state index contributed by atoms with van der Waals surface area (Å²) in [6, 6.07) is 2.34. The molecule has 4 nitrogen and oxygen atoms in total. The highest BCUT2D eigenvalue weighted by Crippen LogP contribution is 2.28. The molecule has 0 aromatic carbocycles. The zero-order valence-corrected chi connectivity index (χ0v) is 11.8. The molecule has 2 heterocycles. The summed E-state index contributed by atoms with van der Waals surface area (Å²) in [5.74, 6) is 1.57. The van der Waals surface area contributed by atoms with Crippen LogP contribution < -0.4 is 5.32 Å². The summed E-state index contributed by atoms with van der Waals surface area (Å²) in [5.41, 5.74) is 0. The Bertz CT molecular complexity index is 429. The van der Waals surface area contributed by atoms with Crippen molar-refractivity contribution in [3.05, 3.63) is 17.0 Å². The maximum atomic E-state index is 6.10. The van der Waals surface area contributed by atoms with Gasteiger partial charge in [-0.2, -0.15) is 0 Å². The molecule has 104 valence electrons. The SMILES string of the molecule is Clc1cc(NC2CCCCC2)nc(C2CCCO2)n1. The van der Waals surface area contributed by atoms with Gasteiger partial charge in [0, 0.05) is 18.7 Å². The summed E-state index contributed by atoms with van der Waals surface area (Å²) in [4.78, 5) is 8.88. The van der Waals surface area contributed by atoms with Gasteiger partial charge in [-0.05, 0) is 25.7 Å². The van der Waals surface area contributed by atoms with Crippen molar-refractivity contribution in [2.75, 3.05) is 11.9 Å². The van der Waals surface area contributed by atoms with Crippen LogP contribution in [0.1, 0.15) is 56.9 Å². The lowest BCUT2D eigenvalue weighted by atomic mass is 9.95. The predicted octanol–water partition coefficient (Wildman–Crippen LogP) is 3.73. The Balaban J connectivity index is 1.73. The van der Waals surface area contributed by atoms with Crippen molar-refractivity contribution in [1.82, 2.24) is 9.97 Å². The third-order valence-electron chi connectivity index (χ3n) is 3.89. The Morgan fingerprint density at radius 3 is 2.68 bits per heavy atom. The van der Waals surface area contributed by atoms with E-state index in [9.17, 15) is 0 Å². The predicted molar refractivity (Wildman–Crippen MR) is 75.5 cm³/mol. The first-order valence-corrected chi connectivity index (χ1v) is 7.62. The molecule has 0 radical (unpaired) electrons. The maximum absolute atomic E-state index is 6.10. The van der Waals surface area contributed by atoms with Gasteiger partial charge in [-0.3, -0.25) is 0 Å². The van der Waals surface area contributed by atoms with Crippen LogP contribution in [0.15, 0.2) is 6.07 Å². The van der Waals surface area contributed by atoms with Crippen molar-refractivity contribution >= 4 is 17.4 Å². The molecule has 3 rings (SSSR count). The molecule has 1 unspecified atom stereocenters. The number of nitrogens with zero attached hydrogens (tertiary/aromatic N) is 2. The van der Waals surface area contributed by atoms with Crippen LogP contribution in [0.25, 0.3) is 0 Å². The number of ether oxygens (including phenoxy) is 1. The molecule has 1 aromatic heterocycles. The fourth-order valence-corrected chi connectivity index (χ4v) is 3.08. The number of anilines is 1. The van der Waals surface area contributed by atoms with Crippen molar-refractivity contribution in [3.63, 3.8) is 0 Å². The molecule has 1 aliphatic heterocycles. The molecule has 1 aromatic rings. The van der Waals surface area contributed by atoms with E-state index in [2.05, 4.69) is 15.3 Å². The molecule has 0 amide bonds. The van der Waals surface area contributed by atoms with Gasteiger partial charge in [-0.1, -0.05) is 30.9 Å². The van der Waals surface area contributed by atoms with Crippen LogP contribution in [0.2, 0.25) is 5.15 Å². The normalized spacial score (nSPS) is 24.6. The number of hydrogen-bond donors (Lipinski definition) is 1. The second-order valence-corrected chi connectivity index (χ2v) is 5.80. The lowest BCUT2D eigenvalue weighted by Gasteiger charge is -2.23. The summed E-state index contributed by atoms with van der Waals surface area (Å²) in [6.07, 6.45) is 8.47. The third-order valence-corrected chi connectivity index (χ3v) is 4.08. The van der Waals surface area contributed by atoms with Crippen molar-refractivity contribution in [2.45, 2.75) is 57.1 Å². The number of halogens is 1. The average Bonchev–Trinajstić information content (AvgIpc) is 2.93. The number of rotatable bonds is 3. The van der Waals surface area contributed by atoms with Gasteiger partial charge in [0.2, 0.25) is 0 Å². The topological polar surface area (TPSA) is 47.0 Å². The Morgan fingerprint density at radius 2 is 1.95 bits per heavy atom. The lowest BCUT2D eigenvalue weighted by Crippen LogP contribution is -2.23. The van der Waals surface area contributed by atoms with Crippen LogP contribution in [0, 0.1) is 0 Å². The quantitative estimate of drug-likeness (QED) is 0.858. The van der Waals surface area contributed by atoms with Crippen molar-refractivity contribution < 1.29 is 4.74 Å². The van der Waals surface area contributed by atoms with E-state index in [1.54, 1.807) is 0 Å². The Hall–Kier alpha value is -0.870. The third kappa shape index (κ3) is 3.37. The number of nitrogens with one attached hydrogen (secondary N) is 1. The first kappa shape index (κ1) is 13.1. The summed E-state index contributed by atoms with van der Waals surface area (Å²) < 4.78 is 5.63. The molecule has 1 saturated carbocycles. The van der Waals surface area contributed by atoms with Crippen LogP contribution in [0.4, 0.5) is 5.82 Å². The number of hydrogen-bond acceptors (Lipinski definition) is 4. The van der Waals surface area contributed by atoms with Gasteiger partial charge in [0.1, 0.15) is 17.1 Å². The second kappa shape index (κ2) is 6.06. The van der Waals surface area contributed by atoms with Crippen LogP contribution in [0.3, 0.4) is 0 Å². The van der Waals surface area contributed by atoms with E-state index in [0.29, 0.717) is 11.2 Å². The molecule has 19 heavy (non-hydrogen) atoms. The monoisotopic (exact) mass is 281 g/mol. The minimum Gasteiger partial charge on any atom is -0.370 e. The first-order chi connectivity index (χ1) is 9.31. The highest BCUT2D eigenvalue weighted by molar-refractivity contribution is 6.29. The average molecular weight is 282 g/mol. The van der Waals surface area contributed by atoms with E-state index in [4.69, 9.17) is 16.3 Å². The maximum Gasteiger partial charge on any atom is 0.161 e. The van der Waals surface area contributed by atoms with Crippen molar-refractivity contribution in [3.8, 4) is 0 Å². The molecular weight excluding hydrogens is 262 g/mol. The minimum atomic E-state index is 0.0191. The van der Waals surface area contributed by atoms with E-state index < -0.39 is 0 Å². The highest BCUT2D eigenvalue weighted by atomic mass is 35.5. The number of aromatic nitrogens is 2. The zero-order chi connectivity index (χ0) is 13.1. The molecule has 1 atom stereocenters. The van der Waals surface area contributed by atoms with Gasteiger partial charge >= 0.3 is 0 Å². The molecule has 0 bridgehead atoms. The smallest absolute Gasteiger partial charge is 0.161 e. The van der Waals surface area contributed by atoms with Gasteiger partial charge in [0.05, 0.1) is 0 Å². The van der Waals surface area contributed by atoms with E-state index in [-0.39, 0.29) is 6.10 Å². The van der Waals surface area contributed by atoms with Gasteiger partial charge < -0.3 is 10.1 Å². The van der Waals surface area contributed by atoms with E-state index in [1.807, 2.05) is 6.07 Å². The highest BCUT2D eigenvalue weighted by Gasteiger charge is 2.22. The summed E-state index contributed by atoms with van der Waals surface area (Å²) in [5, 5.41) is 3.99. The Labute approximate surface area is 118 Å². The summed E-state index contributed by atoms with van der Waals surface area (Å²) in [7, 11) is 0. The Kier molecular flexibility index (Phi) is 4.18. The van der Waals surface area contributed by atoms with Gasteiger partial charge in [0.25, 0.3) is 0 Å². The summed E-state index contributed by atoms with van der Waals surface area (Å²) in [6.45, 7) is 0.798. The molecule has 0 spiro atoms. The van der Waals surface area contributed by atoms with Gasteiger partial charge in [-0.15, -0.1) is 0 Å². The van der Waals surface area contributed by atoms with Crippen molar-refractivity contribution in [1.29, 1.82) is 0 Å². The molecule has 1 N–H and O–H groups in total.